The molecule has 1 aliphatic heterocycles. The van der Waals surface area contributed by atoms with Crippen molar-refractivity contribution in [3.8, 4) is 11.4 Å². The van der Waals surface area contributed by atoms with E-state index in [1.807, 2.05) is 23.4 Å². The number of benzene rings is 1. The molecule has 2 heterocycles. The summed E-state index contributed by atoms with van der Waals surface area (Å²) < 4.78 is 1.97. The van der Waals surface area contributed by atoms with Crippen molar-refractivity contribution >= 4 is 17.7 Å². The van der Waals surface area contributed by atoms with Gasteiger partial charge in [-0.3, -0.25) is 4.79 Å². The maximum absolute atomic E-state index is 12.7. The second kappa shape index (κ2) is 8.04. The second-order valence-corrected chi connectivity index (χ2v) is 8.04. The number of carbonyl (C=O) groups excluding carboxylic acids is 1. The molecule has 5 nitrogen and oxygen atoms in total. The van der Waals surface area contributed by atoms with Gasteiger partial charge < -0.3 is 9.47 Å². The van der Waals surface area contributed by atoms with E-state index in [0.29, 0.717) is 0 Å². The van der Waals surface area contributed by atoms with E-state index < -0.39 is 0 Å². The molecular weight excluding hydrogens is 332 g/mol. The van der Waals surface area contributed by atoms with Gasteiger partial charge in [-0.1, -0.05) is 54.4 Å². The molecule has 6 heteroatoms. The van der Waals surface area contributed by atoms with Crippen LogP contribution in [-0.4, -0.2) is 43.9 Å². The normalized spacial score (nSPS) is 16.5. The third-order valence-electron chi connectivity index (χ3n) is 4.69. The van der Waals surface area contributed by atoms with Crippen LogP contribution in [0.5, 0.6) is 0 Å². The smallest absolute Gasteiger partial charge is 0.235 e. The molecule has 0 spiro atoms. The molecule has 1 saturated heterocycles. The molecule has 0 unspecified atom stereocenters. The minimum absolute atomic E-state index is 0.146. The van der Waals surface area contributed by atoms with Gasteiger partial charge in [-0.05, 0) is 26.7 Å². The van der Waals surface area contributed by atoms with E-state index in [4.69, 9.17) is 0 Å². The van der Waals surface area contributed by atoms with Crippen LogP contribution < -0.4 is 0 Å². The maximum atomic E-state index is 12.7. The van der Waals surface area contributed by atoms with Crippen LogP contribution in [0, 0.1) is 6.92 Å². The van der Waals surface area contributed by atoms with Crippen LogP contribution in [0.4, 0.5) is 0 Å². The van der Waals surface area contributed by atoms with Crippen molar-refractivity contribution in [2.45, 2.75) is 49.9 Å². The summed E-state index contributed by atoms with van der Waals surface area (Å²) in [5.74, 6) is 1.05. The molecule has 1 aliphatic rings. The van der Waals surface area contributed by atoms with Crippen molar-refractivity contribution in [2.24, 2.45) is 7.05 Å². The molecule has 1 aromatic carbocycles. The molecule has 1 amide bonds. The summed E-state index contributed by atoms with van der Waals surface area (Å²) in [5.41, 5.74) is 2.26. The van der Waals surface area contributed by atoms with Gasteiger partial charge in [0.2, 0.25) is 5.91 Å². The van der Waals surface area contributed by atoms with Crippen LogP contribution in [0.2, 0.25) is 0 Å². The summed E-state index contributed by atoms with van der Waals surface area (Å²) in [6.45, 7) is 5.81. The molecule has 1 fully saturated rings. The molecule has 134 valence electrons. The van der Waals surface area contributed by atoms with Crippen molar-refractivity contribution in [3.05, 3.63) is 29.8 Å². The Labute approximate surface area is 153 Å². The monoisotopic (exact) mass is 358 g/mol. The predicted molar refractivity (Wildman–Crippen MR) is 102 cm³/mol. The van der Waals surface area contributed by atoms with Crippen molar-refractivity contribution < 1.29 is 4.79 Å². The lowest BCUT2D eigenvalue weighted by atomic mass is 10.1. The SMILES string of the molecule is Cc1ccc(-c2nnc(S[C@@H](C)C(=O)N3CCCCCC3)n2C)cc1. The van der Waals surface area contributed by atoms with Crippen LogP contribution in [0.15, 0.2) is 29.4 Å². The van der Waals surface area contributed by atoms with Gasteiger partial charge in [-0.25, -0.2) is 0 Å². The summed E-state index contributed by atoms with van der Waals surface area (Å²) in [6, 6.07) is 8.25. The highest BCUT2D eigenvalue weighted by Gasteiger charge is 2.24. The number of carbonyl (C=O) groups is 1. The summed E-state index contributed by atoms with van der Waals surface area (Å²) in [7, 11) is 1.96. The zero-order chi connectivity index (χ0) is 17.8. The molecule has 1 aromatic heterocycles. The molecule has 0 bridgehead atoms. The lowest BCUT2D eigenvalue weighted by Gasteiger charge is -2.23. The fourth-order valence-electron chi connectivity index (χ4n) is 3.13. The van der Waals surface area contributed by atoms with Gasteiger partial charge in [0.05, 0.1) is 5.25 Å². The Morgan fingerprint density at radius 3 is 2.36 bits per heavy atom. The number of aryl methyl sites for hydroxylation is 1. The molecule has 0 radical (unpaired) electrons. The average Bonchev–Trinajstić information content (AvgIpc) is 2.82. The zero-order valence-corrected chi connectivity index (χ0v) is 16.1. The molecule has 25 heavy (non-hydrogen) atoms. The number of hydrogen-bond acceptors (Lipinski definition) is 4. The quantitative estimate of drug-likeness (QED) is 0.783. The highest BCUT2D eigenvalue weighted by Crippen LogP contribution is 2.27. The molecule has 0 aliphatic carbocycles. The molecule has 1 atom stereocenters. The fraction of sp³-hybridized carbons (Fsp3) is 0.526. The van der Waals surface area contributed by atoms with Crippen molar-refractivity contribution in [3.63, 3.8) is 0 Å². The van der Waals surface area contributed by atoms with Gasteiger partial charge in [0, 0.05) is 25.7 Å². The van der Waals surface area contributed by atoms with E-state index in [9.17, 15) is 4.79 Å². The predicted octanol–water partition coefficient (Wildman–Crippen LogP) is 3.67. The van der Waals surface area contributed by atoms with E-state index in [2.05, 4.69) is 41.4 Å². The van der Waals surface area contributed by atoms with E-state index in [-0.39, 0.29) is 11.2 Å². The number of amides is 1. The molecular formula is C19H26N4OS. The fourth-order valence-corrected chi connectivity index (χ4v) is 4.03. The zero-order valence-electron chi connectivity index (χ0n) is 15.2. The number of rotatable bonds is 4. The molecule has 0 N–H and O–H groups in total. The van der Waals surface area contributed by atoms with Gasteiger partial charge in [-0.15, -0.1) is 10.2 Å². The van der Waals surface area contributed by atoms with Crippen molar-refractivity contribution in [1.82, 2.24) is 19.7 Å². The number of likely N-dealkylation sites (tertiary alicyclic amines) is 1. The number of nitrogens with zero attached hydrogens (tertiary/aromatic N) is 4. The molecule has 0 saturated carbocycles. The minimum Gasteiger partial charge on any atom is -0.342 e. The number of thioether (sulfide) groups is 1. The van der Waals surface area contributed by atoms with Gasteiger partial charge in [0.15, 0.2) is 11.0 Å². The summed E-state index contributed by atoms with van der Waals surface area (Å²) >= 11 is 1.50. The average molecular weight is 359 g/mol. The molecule has 2 aromatic rings. The van der Waals surface area contributed by atoms with Gasteiger partial charge in [-0.2, -0.15) is 0 Å². The summed E-state index contributed by atoms with van der Waals surface area (Å²) in [6.07, 6.45) is 4.69. The third-order valence-corrected chi connectivity index (χ3v) is 5.81. The molecule has 3 rings (SSSR count). The van der Waals surface area contributed by atoms with Crippen molar-refractivity contribution in [1.29, 1.82) is 0 Å². The lowest BCUT2D eigenvalue weighted by Crippen LogP contribution is -2.37. The maximum Gasteiger partial charge on any atom is 0.235 e. The Kier molecular flexibility index (Phi) is 5.78. The van der Waals surface area contributed by atoms with E-state index in [1.54, 1.807) is 0 Å². The van der Waals surface area contributed by atoms with Gasteiger partial charge >= 0.3 is 0 Å². The first-order valence-corrected chi connectivity index (χ1v) is 9.86. The van der Waals surface area contributed by atoms with E-state index in [1.165, 1.54) is 30.2 Å². The number of aromatic nitrogens is 3. The summed E-state index contributed by atoms with van der Waals surface area (Å²) in [4.78, 5) is 14.7. The third kappa shape index (κ3) is 4.24. The lowest BCUT2D eigenvalue weighted by molar-refractivity contribution is -0.130. The first-order chi connectivity index (χ1) is 12.1. The highest BCUT2D eigenvalue weighted by atomic mass is 32.2. The number of hydrogen-bond donors (Lipinski definition) is 0. The Bertz CT molecular complexity index is 718. The largest absolute Gasteiger partial charge is 0.342 e. The van der Waals surface area contributed by atoms with Crippen LogP contribution in [0.3, 0.4) is 0 Å². The van der Waals surface area contributed by atoms with Crippen LogP contribution in [0.1, 0.15) is 38.2 Å². The van der Waals surface area contributed by atoms with Crippen molar-refractivity contribution in [2.75, 3.05) is 13.1 Å². The Morgan fingerprint density at radius 1 is 1.08 bits per heavy atom. The minimum atomic E-state index is -0.146. The topological polar surface area (TPSA) is 51.0 Å². The first kappa shape index (κ1) is 18.0. The Hall–Kier alpha value is -1.82. The van der Waals surface area contributed by atoms with Crippen LogP contribution >= 0.6 is 11.8 Å². The van der Waals surface area contributed by atoms with Gasteiger partial charge in [0.25, 0.3) is 0 Å². The van der Waals surface area contributed by atoms with E-state index >= 15 is 0 Å². The van der Waals surface area contributed by atoms with Crippen LogP contribution in [0.25, 0.3) is 11.4 Å². The van der Waals surface area contributed by atoms with Crippen LogP contribution in [-0.2, 0) is 11.8 Å². The van der Waals surface area contributed by atoms with Gasteiger partial charge in [0.1, 0.15) is 0 Å². The summed E-state index contributed by atoms with van der Waals surface area (Å²) in [5, 5.41) is 9.27. The Morgan fingerprint density at radius 2 is 1.72 bits per heavy atom. The highest BCUT2D eigenvalue weighted by molar-refractivity contribution is 8.00. The van der Waals surface area contributed by atoms with E-state index in [0.717, 1.165) is 42.5 Å². The Balaban J connectivity index is 1.70. The second-order valence-electron chi connectivity index (χ2n) is 6.73. The standard InChI is InChI=1S/C19H26N4OS/c1-14-8-10-16(11-9-14)17-20-21-19(22(17)3)25-15(2)18(24)23-12-6-4-5-7-13-23/h8-11,15H,4-7,12-13H2,1-3H3/t15-/m0/s1. The first-order valence-electron chi connectivity index (χ1n) is 8.98.